The van der Waals surface area contributed by atoms with Gasteiger partial charge in [0.1, 0.15) is 0 Å². The van der Waals surface area contributed by atoms with Gasteiger partial charge >= 0.3 is 5.97 Å². The second kappa shape index (κ2) is 5.73. The highest BCUT2D eigenvalue weighted by Crippen LogP contribution is 1.96. The van der Waals surface area contributed by atoms with Crippen molar-refractivity contribution in [1.82, 2.24) is 10.7 Å². The Morgan fingerprint density at radius 2 is 2.33 bits per heavy atom. The first-order valence-corrected chi connectivity index (χ1v) is 4.06. The molecule has 0 saturated heterocycles. The molecule has 0 rings (SSSR count). The monoisotopic (exact) mass is 192 g/mol. The van der Waals surface area contributed by atoms with Crippen LogP contribution in [0.4, 0.5) is 0 Å². The second-order valence-electron chi connectivity index (χ2n) is 2.35. The number of aliphatic carboxylic acids is 1. The normalized spacial score (nSPS) is 11.8. The summed E-state index contributed by atoms with van der Waals surface area (Å²) >= 11 is 4.77. The molecule has 0 aliphatic rings. The van der Waals surface area contributed by atoms with Gasteiger partial charge in [-0.3, -0.25) is 10.6 Å². The number of thiocarbonyl (C=S) groups is 1. The first kappa shape index (κ1) is 11.1. The number of hydrogen-bond donors (Lipinski definition) is 4. The fraction of sp³-hybridized carbons (Fsp3) is 0.667. The zero-order valence-electron chi connectivity index (χ0n) is 6.96. The zero-order valence-corrected chi connectivity index (χ0v) is 7.78. The highest BCUT2D eigenvalue weighted by molar-refractivity contribution is 7.80. The molecule has 0 heterocycles. The van der Waals surface area contributed by atoms with Gasteiger partial charge in [-0.05, 0) is 18.6 Å². The van der Waals surface area contributed by atoms with Gasteiger partial charge in [0.2, 0.25) is 5.11 Å². The van der Waals surface area contributed by atoms with Crippen LogP contribution in [0.1, 0.15) is 19.8 Å². The molecule has 1 unspecified atom stereocenters. The first-order chi connectivity index (χ1) is 5.60. The Morgan fingerprint density at radius 1 is 1.75 bits per heavy atom. The molecular weight excluding hydrogens is 178 g/mol. The number of carboxylic acid groups (broad SMARTS) is 1. The van der Waals surface area contributed by atoms with Crippen molar-refractivity contribution >= 4 is 23.3 Å². The van der Waals surface area contributed by atoms with Crippen LogP contribution in [-0.2, 0) is 4.79 Å². The average molecular weight is 192 g/mol. The van der Waals surface area contributed by atoms with E-state index in [4.69, 9.17) is 17.3 Å². The molecule has 0 aromatic heterocycles. The van der Waals surface area contributed by atoms with Gasteiger partial charge in [0.15, 0.2) is 0 Å². The van der Waals surface area contributed by atoms with E-state index in [1.54, 1.807) is 0 Å². The summed E-state index contributed by atoms with van der Waals surface area (Å²) in [6.45, 7) is 1.90. The van der Waals surface area contributed by atoms with Gasteiger partial charge in [0.25, 0.3) is 0 Å². The van der Waals surface area contributed by atoms with Gasteiger partial charge < -0.3 is 10.4 Å². The quantitative estimate of drug-likeness (QED) is 0.334. The Balaban J connectivity index is 3.82. The van der Waals surface area contributed by atoms with Crippen LogP contribution in [0.2, 0.25) is 0 Å². The van der Waals surface area contributed by atoms with Crippen LogP contribution in [0, 0.1) is 0 Å². The number of rotatable bonds is 4. The lowest BCUT2D eigenvalue weighted by Crippen LogP contribution is -2.70. The molecule has 0 aliphatic carbocycles. The summed E-state index contributed by atoms with van der Waals surface area (Å²) in [7, 11) is 0. The zero-order chi connectivity index (χ0) is 9.56. The third kappa shape index (κ3) is 4.86. The van der Waals surface area contributed by atoms with E-state index >= 15 is 0 Å². The summed E-state index contributed by atoms with van der Waals surface area (Å²) in [5.74, 6) is 2.52. The molecule has 12 heavy (non-hydrogen) atoms. The Morgan fingerprint density at radius 3 is 2.67 bits per heavy atom. The van der Waals surface area contributed by atoms with Gasteiger partial charge in [0, 0.05) is 6.04 Å². The maximum atomic E-state index is 10.3. The molecule has 1 atom stereocenters. The van der Waals surface area contributed by atoms with Crippen molar-refractivity contribution in [2.24, 2.45) is 0 Å². The smallest absolute Gasteiger partial charge is 0.305 e. The van der Waals surface area contributed by atoms with Crippen LogP contribution in [-0.4, -0.2) is 22.2 Å². The lowest BCUT2D eigenvalue weighted by Gasteiger charge is -2.14. The Kier molecular flexibility index (Phi) is 5.31. The van der Waals surface area contributed by atoms with Crippen molar-refractivity contribution in [2.45, 2.75) is 25.8 Å². The lowest BCUT2D eigenvalue weighted by molar-refractivity contribution is -0.419. The van der Waals surface area contributed by atoms with Crippen molar-refractivity contribution in [1.29, 1.82) is 0 Å². The molecule has 0 aliphatic heterocycles. The Hall–Kier alpha value is -0.880. The van der Waals surface area contributed by atoms with Gasteiger partial charge in [-0.1, -0.05) is 6.92 Å². The topological polar surface area (TPSA) is 89.0 Å². The van der Waals surface area contributed by atoms with Crippen molar-refractivity contribution in [2.75, 3.05) is 0 Å². The summed E-state index contributed by atoms with van der Waals surface area (Å²) < 4.78 is 0. The lowest BCUT2D eigenvalue weighted by atomic mass is 10.1. The summed E-state index contributed by atoms with van der Waals surface area (Å²) in [6.07, 6.45) is 0.784. The predicted octanol–water partition coefficient (Wildman–Crippen LogP) is -1.14. The van der Waals surface area contributed by atoms with Crippen molar-refractivity contribution < 1.29 is 15.7 Å². The second-order valence-corrected chi connectivity index (χ2v) is 2.76. The molecule has 0 amide bonds. The molecule has 6 heteroatoms. The van der Waals surface area contributed by atoms with E-state index < -0.39 is 5.97 Å². The van der Waals surface area contributed by atoms with Gasteiger partial charge in [-0.2, -0.15) is 0 Å². The van der Waals surface area contributed by atoms with Gasteiger partial charge in [0.05, 0.1) is 6.42 Å². The summed E-state index contributed by atoms with van der Waals surface area (Å²) in [6, 6.07) is -0.121. The van der Waals surface area contributed by atoms with E-state index in [9.17, 15) is 4.79 Å². The molecule has 0 spiro atoms. The molecule has 70 valence electrons. The molecule has 0 aromatic carbocycles. The van der Waals surface area contributed by atoms with Crippen molar-refractivity contribution in [3.05, 3.63) is 0 Å². The predicted molar refractivity (Wildman–Crippen MR) is 48.1 cm³/mol. The fourth-order valence-corrected chi connectivity index (χ4v) is 0.911. The minimum Gasteiger partial charge on any atom is -0.481 e. The minimum absolute atomic E-state index is 0.0678. The molecule has 0 bridgehead atoms. The van der Waals surface area contributed by atoms with Crippen LogP contribution in [0.5, 0.6) is 0 Å². The minimum atomic E-state index is -0.832. The van der Waals surface area contributed by atoms with E-state index in [0.717, 1.165) is 0 Å². The molecule has 0 aromatic rings. The van der Waals surface area contributed by atoms with Crippen molar-refractivity contribution in [3.8, 4) is 0 Å². The summed E-state index contributed by atoms with van der Waals surface area (Å²) in [5.41, 5.74) is 2.48. The van der Waals surface area contributed by atoms with Gasteiger partial charge in [-0.25, -0.2) is 5.43 Å². The fourth-order valence-electron chi connectivity index (χ4n) is 0.745. The highest BCUT2D eigenvalue weighted by Gasteiger charge is 2.11. The molecule has 0 fully saturated rings. The average Bonchev–Trinajstić information content (AvgIpc) is 2.02. The number of quaternary nitrogens is 1. The number of hydrogen-bond acceptors (Lipinski definition) is 2. The summed E-state index contributed by atoms with van der Waals surface area (Å²) in [5, 5.41) is 11.7. The largest absolute Gasteiger partial charge is 0.481 e. The number of carbonyl (C=O) groups is 1. The van der Waals surface area contributed by atoms with Crippen LogP contribution in [0.3, 0.4) is 0 Å². The van der Waals surface area contributed by atoms with Gasteiger partial charge in [-0.15, -0.1) is 0 Å². The van der Waals surface area contributed by atoms with E-state index in [0.29, 0.717) is 11.5 Å². The maximum Gasteiger partial charge on any atom is 0.305 e. The Labute approximate surface area is 76.3 Å². The maximum absolute atomic E-state index is 10.3. The molecule has 5 nitrogen and oxygen atoms in total. The van der Waals surface area contributed by atoms with E-state index in [1.165, 1.54) is 0 Å². The highest BCUT2D eigenvalue weighted by atomic mass is 32.1. The van der Waals surface area contributed by atoms with Crippen molar-refractivity contribution in [3.63, 3.8) is 0 Å². The van der Waals surface area contributed by atoms with E-state index in [2.05, 4.69) is 16.6 Å². The molecule has 0 radical (unpaired) electrons. The standard InChI is InChI=1S/C6H13N3O2S/c1-2-4(3-5(10)11)8-6(12)9-7/h4H,2-3,7H2,1H3,(H,10,11)(H2,8,9,12)/p+1. The molecule has 6 N–H and O–H groups in total. The van der Waals surface area contributed by atoms with Crippen LogP contribution < -0.4 is 16.6 Å². The van der Waals surface area contributed by atoms with Crippen LogP contribution >= 0.6 is 12.2 Å². The van der Waals surface area contributed by atoms with E-state index in [-0.39, 0.29) is 12.5 Å². The first-order valence-electron chi connectivity index (χ1n) is 3.65. The summed E-state index contributed by atoms with van der Waals surface area (Å²) in [4.78, 5) is 10.3. The third-order valence-corrected chi connectivity index (χ3v) is 1.67. The Bertz CT molecular complexity index is 174. The molecule has 0 saturated carbocycles. The van der Waals surface area contributed by atoms with Crippen LogP contribution in [0.15, 0.2) is 0 Å². The van der Waals surface area contributed by atoms with Crippen LogP contribution in [0.25, 0.3) is 0 Å². The molecular formula is C6H14N3O2S+. The SMILES string of the molecule is CCC(CC(=O)O)NC(=S)N[NH3+]. The number of carboxylic acids is 1. The third-order valence-electron chi connectivity index (χ3n) is 1.41. The van der Waals surface area contributed by atoms with E-state index in [1.807, 2.05) is 6.92 Å². The number of nitrogens with one attached hydrogen (secondary N) is 2.